The number of benzene rings is 1. The molecule has 0 bridgehead atoms. The minimum Gasteiger partial charge on any atom is -0.481 e. The zero-order chi connectivity index (χ0) is 24.3. The van der Waals surface area contributed by atoms with Crippen LogP contribution in [0.25, 0.3) is 0 Å². The zero-order valence-electron chi connectivity index (χ0n) is 18.1. The van der Waals surface area contributed by atoms with Crippen molar-refractivity contribution in [1.82, 2.24) is 16.0 Å². The van der Waals surface area contributed by atoms with Crippen LogP contribution in [-0.4, -0.2) is 59.6 Å². The van der Waals surface area contributed by atoms with Crippen molar-refractivity contribution >= 4 is 29.7 Å². The van der Waals surface area contributed by atoms with Gasteiger partial charge in [-0.2, -0.15) is 0 Å². The number of carbonyl (C=O) groups excluding carboxylic acids is 4. The molecule has 4 N–H and O–H groups in total. The van der Waals surface area contributed by atoms with E-state index in [4.69, 9.17) is 9.84 Å². The van der Waals surface area contributed by atoms with Gasteiger partial charge in [0.25, 0.3) is 0 Å². The van der Waals surface area contributed by atoms with E-state index in [9.17, 15) is 28.4 Å². The second-order valence-electron chi connectivity index (χ2n) is 7.42. The number of ether oxygens (including phenoxy) is 1. The first kappa shape index (κ1) is 26.7. The van der Waals surface area contributed by atoms with Crippen molar-refractivity contribution in [3.05, 3.63) is 35.9 Å². The van der Waals surface area contributed by atoms with E-state index in [1.165, 1.54) is 6.92 Å². The predicted molar refractivity (Wildman–Crippen MR) is 111 cm³/mol. The summed E-state index contributed by atoms with van der Waals surface area (Å²) in [5.41, 5.74) is 0.752. The van der Waals surface area contributed by atoms with Crippen LogP contribution in [0.3, 0.4) is 0 Å². The number of hydrogen-bond donors (Lipinski definition) is 4. The molecule has 0 saturated carbocycles. The molecule has 0 fully saturated rings. The summed E-state index contributed by atoms with van der Waals surface area (Å²) < 4.78 is 17.7. The van der Waals surface area contributed by atoms with Crippen molar-refractivity contribution < 1.29 is 38.2 Å². The molecule has 0 aliphatic heterocycles. The maximum Gasteiger partial charge on any atom is 0.408 e. The first-order valence-corrected chi connectivity index (χ1v) is 9.93. The largest absolute Gasteiger partial charge is 0.481 e. The van der Waals surface area contributed by atoms with Crippen molar-refractivity contribution in [1.29, 1.82) is 0 Å². The molecule has 0 aliphatic carbocycles. The first-order chi connectivity index (χ1) is 15.0. The molecule has 1 aromatic carbocycles. The Morgan fingerprint density at radius 2 is 1.66 bits per heavy atom. The highest BCUT2D eigenvalue weighted by Crippen LogP contribution is 2.05. The SMILES string of the molecule is CC(C)[C@H](NC(=O)OCc1ccccc1)C(=O)NC(=O)[C@H](C)N[C@@H](CC(=O)O)C(=O)CF. The van der Waals surface area contributed by atoms with Gasteiger partial charge in [0.05, 0.1) is 18.5 Å². The Bertz CT molecular complexity index is 817. The van der Waals surface area contributed by atoms with Crippen molar-refractivity contribution in [3.8, 4) is 0 Å². The molecule has 0 heterocycles. The summed E-state index contributed by atoms with van der Waals surface area (Å²) in [6, 6.07) is 5.19. The van der Waals surface area contributed by atoms with Crippen LogP contribution in [-0.2, 0) is 30.5 Å². The molecule has 11 heteroatoms. The zero-order valence-corrected chi connectivity index (χ0v) is 18.1. The molecule has 0 aromatic heterocycles. The summed E-state index contributed by atoms with van der Waals surface area (Å²) in [5.74, 6) is -4.47. The van der Waals surface area contributed by atoms with Crippen LogP contribution in [0.15, 0.2) is 30.3 Å². The van der Waals surface area contributed by atoms with E-state index in [0.717, 1.165) is 5.56 Å². The number of nitrogens with one attached hydrogen (secondary N) is 3. The summed E-state index contributed by atoms with van der Waals surface area (Å²) in [6.07, 6.45) is -1.58. The lowest BCUT2D eigenvalue weighted by molar-refractivity contribution is -0.140. The summed E-state index contributed by atoms with van der Waals surface area (Å²) in [4.78, 5) is 59.3. The molecule has 0 spiro atoms. The van der Waals surface area contributed by atoms with E-state index in [-0.39, 0.29) is 6.61 Å². The van der Waals surface area contributed by atoms with Gasteiger partial charge in [-0.05, 0) is 18.4 Å². The fraction of sp³-hybridized carbons (Fsp3) is 0.476. The monoisotopic (exact) mass is 453 g/mol. The quantitative estimate of drug-likeness (QED) is 0.365. The molecule has 1 aromatic rings. The molecule has 1 rings (SSSR count). The van der Waals surface area contributed by atoms with E-state index in [1.54, 1.807) is 38.1 Å². The lowest BCUT2D eigenvalue weighted by Crippen LogP contribution is -2.56. The number of ketones is 1. The third kappa shape index (κ3) is 9.21. The Balaban J connectivity index is 2.67. The number of carbonyl (C=O) groups is 5. The molecule has 0 aliphatic rings. The normalized spacial score (nSPS) is 13.5. The number of rotatable bonds is 12. The van der Waals surface area contributed by atoms with Crippen LogP contribution in [0.1, 0.15) is 32.8 Å². The van der Waals surface area contributed by atoms with Gasteiger partial charge < -0.3 is 15.2 Å². The van der Waals surface area contributed by atoms with Gasteiger partial charge in [-0.3, -0.25) is 29.8 Å². The number of hydrogen-bond acceptors (Lipinski definition) is 7. The van der Waals surface area contributed by atoms with Gasteiger partial charge in [0.1, 0.15) is 19.3 Å². The standard InChI is InChI=1S/C21H28FN3O7/c1-12(2)18(24-21(31)32-11-14-7-5-4-6-8-14)20(30)25-19(29)13(3)23-15(9-17(27)28)16(26)10-22/h4-8,12-13,15,18,23H,9-11H2,1-3H3,(H,24,31)(H,27,28)(H,25,29,30)/t13-,15-,18-/m0/s1. The van der Waals surface area contributed by atoms with Gasteiger partial charge in [-0.25, -0.2) is 9.18 Å². The second-order valence-corrected chi connectivity index (χ2v) is 7.42. The number of alkyl halides is 1. The Morgan fingerprint density at radius 1 is 1.03 bits per heavy atom. The minimum atomic E-state index is -1.43. The summed E-state index contributed by atoms with van der Waals surface area (Å²) in [6.45, 7) is 3.18. The summed E-state index contributed by atoms with van der Waals surface area (Å²) in [7, 11) is 0. The number of alkyl carbamates (subject to hydrolysis) is 1. The van der Waals surface area contributed by atoms with Crippen LogP contribution >= 0.6 is 0 Å². The number of aliphatic carboxylic acids is 1. The van der Waals surface area contributed by atoms with Crippen LogP contribution in [0.2, 0.25) is 0 Å². The maximum absolute atomic E-state index is 12.6. The Hall–Kier alpha value is -3.34. The Labute approximate surface area is 184 Å². The van der Waals surface area contributed by atoms with Gasteiger partial charge in [0, 0.05) is 0 Å². The van der Waals surface area contributed by atoms with E-state index in [2.05, 4.69) is 16.0 Å². The average Bonchev–Trinajstić information content (AvgIpc) is 2.74. The number of halogens is 1. The molecule has 32 heavy (non-hydrogen) atoms. The number of carboxylic acids is 1. The van der Waals surface area contributed by atoms with Crippen LogP contribution in [0.5, 0.6) is 0 Å². The second kappa shape index (κ2) is 13.2. The highest BCUT2D eigenvalue weighted by molar-refractivity contribution is 6.01. The Kier molecular flexibility index (Phi) is 11.0. The third-order valence-corrected chi connectivity index (χ3v) is 4.43. The molecule has 176 valence electrons. The number of amides is 3. The fourth-order valence-corrected chi connectivity index (χ4v) is 2.65. The fourth-order valence-electron chi connectivity index (χ4n) is 2.65. The summed E-state index contributed by atoms with van der Waals surface area (Å²) in [5, 5.41) is 15.7. The molecule has 0 radical (unpaired) electrons. The summed E-state index contributed by atoms with van der Waals surface area (Å²) >= 11 is 0. The third-order valence-electron chi connectivity index (χ3n) is 4.43. The van der Waals surface area contributed by atoms with Crippen molar-refractivity contribution in [2.75, 3.05) is 6.67 Å². The average molecular weight is 453 g/mol. The molecule has 3 atom stereocenters. The predicted octanol–water partition coefficient (Wildman–Crippen LogP) is 0.940. The van der Waals surface area contributed by atoms with Crippen molar-refractivity contribution in [3.63, 3.8) is 0 Å². The van der Waals surface area contributed by atoms with E-state index in [1.807, 2.05) is 6.07 Å². The van der Waals surface area contributed by atoms with Crippen LogP contribution in [0.4, 0.5) is 9.18 Å². The molecular formula is C21H28FN3O7. The van der Waals surface area contributed by atoms with Crippen molar-refractivity contribution in [2.45, 2.75) is 51.9 Å². The van der Waals surface area contributed by atoms with Crippen LogP contribution in [0, 0.1) is 5.92 Å². The highest BCUT2D eigenvalue weighted by atomic mass is 19.1. The molecule has 10 nitrogen and oxygen atoms in total. The number of Topliss-reactive ketones (excluding diaryl/α,β-unsaturated/α-hetero) is 1. The van der Waals surface area contributed by atoms with Crippen molar-refractivity contribution in [2.24, 2.45) is 5.92 Å². The van der Waals surface area contributed by atoms with E-state index >= 15 is 0 Å². The van der Waals surface area contributed by atoms with Gasteiger partial charge in [-0.1, -0.05) is 44.2 Å². The molecule has 3 amide bonds. The lowest BCUT2D eigenvalue weighted by Gasteiger charge is -2.23. The van der Waals surface area contributed by atoms with Gasteiger partial charge >= 0.3 is 12.1 Å². The molecule has 0 unspecified atom stereocenters. The van der Waals surface area contributed by atoms with E-state index < -0.39 is 66.8 Å². The number of imide groups is 1. The lowest BCUT2D eigenvalue weighted by atomic mass is 10.0. The molecular weight excluding hydrogens is 425 g/mol. The van der Waals surface area contributed by atoms with Gasteiger partial charge in [0.2, 0.25) is 11.8 Å². The maximum atomic E-state index is 12.6. The van der Waals surface area contributed by atoms with E-state index in [0.29, 0.717) is 0 Å². The van der Waals surface area contributed by atoms with Gasteiger partial charge in [0.15, 0.2) is 5.78 Å². The smallest absolute Gasteiger partial charge is 0.408 e. The highest BCUT2D eigenvalue weighted by Gasteiger charge is 2.30. The molecule has 0 saturated heterocycles. The first-order valence-electron chi connectivity index (χ1n) is 9.93. The Morgan fingerprint density at radius 3 is 2.19 bits per heavy atom. The van der Waals surface area contributed by atoms with Gasteiger partial charge in [-0.15, -0.1) is 0 Å². The topological polar surface area (TPSA) is 151 Å². The minimum absolute atomic E-state index is 0.00738. The number of carboxylic acid groups (broad SMARTS) is 1. The van der Waals surface area contributed by atoms with Crippen LogP contribution < -0.4 is 16.0 Å².